The lowest BCUT2D eigenvalue weighted by Gasteiger charge is -2.11. The maximum Gasteiger partial charge on any atom is 0.270 e. The number of nitro groups is 2. The number of aromatic nitrogens is 2. The summed E-state index contributed by atoms with van der Waals surface area (Å²) in [4.78, 5) is 52.8. The molecule has 12 nitrogen and oxygen atoms in total. The summed E-state index contributed by atoms with van der Waals surface area (Å²) in [6.07, 6.45) is 3.23. The molecule has 2 aromatic carbocycles. The van der Waals surface area contributed by atoms with Crippen LogP contribution in [0.2, 0.25) is 0 Å². The van der Waals surface area contributed by atoms with Crippen LogP contribution < -0.4 is 5.32 Å². The number of nitrogens with one attached hydrogen (secondary N) is 2. The van der Waals surface area contributed by atoms with Crippen molar-refractivity contribution in [3.8, 4) is 0 Å². The summed E-state index contributed by atoms with van der Waals surface area (Å²) in [5.41, 5.74) is 1.71. The Labute approximate surface area is 203 Å². The number of aromatic amines is 1. The fourth-order valence-electron chi connectivity index (χ4n) is 4.49. The summed E-state index contributed by atoms with van der Waals surface area (Å²) in [7, 11) is 3.83. The number of benzene rings is 2. The van der Waals surface area contributed by atoms with Crippen molar-refractivity contribution in [3.05, 3.63) is 80.1 Å². The molecule has 0 unspecified atom stereocenters. The molecular weight excluding hydrogens is 468 g/mol. The largest absolute Gasteiger partial charge is 0.361 e. The van der Waals surface area contributed by atoms with Crippen LogP contribution in [-0.2, 0) is 16.1 Å². The lowest BCUT2D eigenvalue weighted by Crippen LogP contribution is -2.22. The molecule has 3 heterocycles. The highest BCUT2D eigenvalue weighted by Crippen LogP contribution is 2.39. The van der Waals surface area contributed by atoms with E-state index >= 15 is 0 Å². The van der Waals surface area contributed by atoms with Crippen molar-refractivity contribution in [2.24, 2.45) is 0 Å². The van der Waals surface area contributed by atoms with Gasteiger partial charge in [0, 0.05) is 82.7 Å². The number of hydrogen-bond acceptors (Lipinski definition) is 7. The first-order valence-corrected chi connectivity index (χ1v) is 10.9. The van der Waals surface area contributed by atoms with Crippen LogP contribution in [0.3, 0.4) is 0 Å². The average Bonchev–Trinajstić information content (AvgIpc) is 3.49. The number of fused-ring (bicyclic) bond motifs is 2. The molecule has 0 radical (unpaired) electrons. The Morgan fingerprint density at radius 3 is 2.14 bits per heavy atom. The molecule has 4 aromatic rings. The summed E-state index contributed by atoms with van der Waals surface area (Å²) in [6, 6.07) is 8.62. The SMILES string of the molecule is CN(C)CCn1cc(C2=C(c3c[nH]c4ccc([N+](=O)[O-])cc34)C(=O)NC2=O)c2cc([N+](=O)[O-])ccc21. The minimum Gasteiger partial charge on any atom is -0.361 e. The molecule has 2 N–H and O–H groups in total. The second-order valence-electron chi connectivity index (χ2n) is 8.72. The highest BCUT2D eigenvalue weighted by molar-refractivity contribution is 6.50. The topological polar surface area (TPSA) is 156 Å². The zero-order chi connectivity index (χ0) is 25.7. The zero-order valence-corrected chi connectivity index (χ0v) is 19.3. The van der Waals surface area contributed by atoms with Gasteiger partial charge in [0.1, 0.15) is 0 Å². The number of likely N-dealkylation sites (N-methyl/N-ethyl adjacent to an activating group) is 1. The minimum atomic E-state index is -0.651. The van der Waals surface area contributed by atoms with Gasteiger partial charge in [0.15, 0.2) is 0 Å². The van der Waals surface area contributed by atoms with Crippen LogP contribution in [-0.4, -0.2) is 56.8 Å². The number of rotatable bonds is 7. The van der Waals surface area contributed by atoms with Crippen LogP contribution in [0.1, 0.15) is 11.1 Å². The normalized spacial score (nSPS) is 13.9. The van der Waals surface area contributed by atoms with E-state index in [1.165, 1.54) is 36.5 Å². The van der Waals surface area contributed by atoms with E-state index in [0.29, 0.717) is 46.0 Å². The Kier molecular flexibility index (Phi) is 5.37. The number of carbonyl (C=O) groups excluding carboxylic acids is 2. The first kappa shape index (κ1) is 22.9. The van der Waals surface area contributed by atoms with Crippen LogP contribution >= 0.6 is 0 Å². The van der Waals surface area contributed by atoms with E-state index in [-0.39, 0.29) is 22.5 Å². The minimum absolute atomic E-state index is 0.0462. The van der Waals surface area contributed by atoms with E-state index in [1.54, 1.807) is 12.3 Å². The Bertz CT molecular complexity index is 1640. The molecule has 2 amide bonds. The first-order chi connectivity index (χ1) is 17.2. The molecule has 0 atom stereocenters. The van der Waals surface area contributed by atoms with Gasteiger partial charge in [-0.25, -0.2) is 0 Å². The third-order valence-corrected chi connectivity index (χ3v) is 6.21. The van der Waals surface area contributed by atoms with Gasteiger partial charge >= 0.3 is 0 Å². The lowest BCUT2D eigenvalue weighted by atomic mass is 9.95. The van der Waals surface area contributed by atoms with Crippen molar-refractivity contribution in [2.45, 2.75) is 6.54 Å². The molecule has 0 saturated heterocycles. The number of imide groups is 1. The highest BCUT2D eigenvalue weighted by Gasteiger charge is 2.35. The van der Waals surface area contributed by atoms with Gasteiger partial charge in [-0.3, -0.25) is 35.1 Å². The van der Waals surface area contributed by atoms with Gasteiger partial charge in [0.25, 0.3) is 23.2 Å². The first-order valence-electron chi connectivity index (χ1n) is 10.9. The van der Waals surface area contributed by atoms with Crippen LogP contribution in [0.5, 0.6) is 0 Å². The van der Waals surface area contributed by atoms with E-state index in [2.05, 4.69) is 10.3 Å². The molecule has 0 saturated carbocycles. The third kappa shape index (κ3) is 3.69. The second kappa shape index (κ2) is 8.43. The third-order valence-electron chi connectivity index (χ3n) is 6.21. The predicted octanol–water partition coefficient (Wildman–Crippen LogP) is 3.07. The number of nitro benzene ring substituents is 2. The standard InChI is InChI=1S/C24H20N6O6/c1-27(2)7-8-28-12-18(16-10-14(30(35)36)4-6-20(16)28)22-21(23(31)26-24(22)32)17-11-25-19-5-3-13(29(33)34)9-15(17)19/h3-6,9-12,25H,7-8H2,1-2H3,(H,26,31,32). The summed E-state index contributed by atoms with van der Waals surface area (Å²) < 4.78 is 1.88. The van der Waals surface area contributed by atoms with E-state index < -0.39 is 21.7 Å². The fraction of sp³-hybridized carbons (Fsp3) is 0.167. The smallest absolute Gasteiger partial charge is 0.270 e. The maximum atomic E-state index is 13.1. The second-order valence-corrected chi connectivity index (χ2v) is 8.72. The van der Waals surface area contributed by atoms with Crippen LogP contribution in [0.25, 0.3) is 33.0 Å². The summed E-state index contributed by atoms with van der Waals surface area (Å²) >= 11 is 0. The number of H-pyrrole nitrogens is 1. The zero-order valence-electron chi connectivity index (χ0n) is 19.3. The number of non-ortho nitro benzene ring substituents is 2. The molecule has 0 bridgehead atoms. The van der Waals surface area contributed by atoms with Gasteiger partial charge in [-0.2, -0.15) is 0 Å². The van der Waals surface area contributed by atoms with Gasteiger partial charge in [0.05, 0.1) is 21.0 Å². The molecule has 182 valence electrons. The van der Waals surface area contributed by atoms with E-state index in [1.807, 2.05) is 23.6 Å². The van der Waals surface area contributed by atoms with Gasteiger partial charge in [-0.05, 0) is 26.2 Å². The summed E-state index contributed by atoms with van der Waals surface area (Å²) in [5.74, 6) is -1.30. The molecule has 1 aliphatic rings. The molecule has 1 aliphatic heterocycles. The number of nitrogens with zero attached hydrogens (tertiary/aromatic N) is 4. The molecule has 0 aliphatic carbocycles. The molecule has 36 heavy (non-hydrogen) atoms. The molecular formula is C24H20N6O6. The predicted molar refractivity (Wildman–Crippen MR) is 132 cm³/mol. The summed E-state index contributed by atoms with van der Waals surface area (Å²) in [5, 5.41) is 26.0. The number of amides is 2. The van der Waals surface area contributed by atoms with Crippen molar-refractivity contribution >= 4 is 56.1 Å². The Balaban J connectivity index is 1.80. The Morgan fingerprint density at radius 2 is 1.50 bits per heavy atom. The lowest BCUT2D eigenvalue weighted by molar-refractivity contribution is -0.384. The average molecular weight is 488 g/mol. The summed E-state index contributed by atoms with van der Waals surface area (Å²) in [6.45, 7) is 1.21. The molecule has 0 fully saturated rings. The van der Waals surface area contributed by atoms with Gasteiger partial charge in [-0.15, -0.1) is 0 Å². The fourth-order valence-corrected chi connectivity index (χ4v) is 4.49. The molecule has 5 rings (SSSR count). The Hall–Kier alpha value is -4.84. The molecule has 0 spiro atoms. The monoisotopic (exact) mass is 488 g/mol. The maximum absolute atomic E-state index is 13.1. The number of hydrogen-bond donors (Lipinski definition) is 2. The van der Waals surface area contributed by atoms with Crippen molar-refractivity contribution < 1.29 is 19.4 Å². The van der Waals surface area contributed by atoms with E-state index in [9.17, 15) is 29.8 Å². The quantitative estimate of drug-likeness (QED) is 0.230. The molecule has 12 heteroatoms. The van der Waals surface area contributed by atoms with Crippen LogP contribution in [0.4, 0.5) is 11.4 Å². The Morgan fingerprint density at radius 1 is 0.889 bits per heavy atom. The van der Waals surface area contributed by atoms with E-state index in [0.717, 1.165) is 0 Å². The number of carbonyl (C=O) groups is 2. The van der Waals surface area contributed by atoms with Gasteiger partial charge in [0.2, 0.25) is 0 Å². The molecule has 2 aromatic heterocycles. The van der Waals surface area contributed by atoms with Crippen LogP contribution in [0.15, 0.2) is 48.8 Å². The van der Waals surface area contributed by atoms with Crippen molar-refractivity contribution in [1.82, 2.24) is 19.8 Å². The van der Waals surface area contributed by atoms with Gasteiger partial charge < -0.3 is 14.5 Å². The van der Waals surface area contributed by atoms with Gasteiger partial charge in [-0.1, -0.05) is 0 Å². The van der Waals surface area contributed by atoms with E-state index in [4.69, 9.17) is 0 Å². The van der Waals surface area contributed by atoms with Crippen molar-refractivity contribution in [1.29, 1.82) is 0 Å². The van der Waals surface area contributed by atoms with Crippen molar-refractivity contribution in [2.75, 3.05) is 20.6 Å². The van der Waals surface area contributed by atoms with Crippen molar-refractivity contribution in [3.63, 3.8) is 0 Å². The van der Waals surface area contributed by atoms with Crippen LogP contribution in [0, 0.1) is 20.2 Å². The highest BCUT2D eigenvalue weighted by atomic mass is 16.6.